The summed E-state index contributed by atoms with van der Waals surface area (Å²) in [5.41, 5.74) is 4.12. The zero-order valence-corrected chi connectivity index (χ0v) is 18.0. The summed E-state index contributed by atoms with van der Waals surface area (Å²) in [7, 11) is 1.58. The van der Waals surface area contributed by atoms with Gasteiger partial charge < -0.3 is 24.8 Å². The number of nitrogens with zero attached hydrogens (tertiary/aromatic N) is 1. The van der Waals surface area contributed by atoms with Crippen molar-refractivity contribution in [1.29, 1.82) is 0 Å². The Kier molecular flexibility index (Phi) is 5.14. The molecule has 160 valence electrons. The number of nitrogens with two attached hydrogens (primary N) is 1. The average Bonchev–Trinajstić information content (AvgIpc) is 2.83. The highest BCUT2D eigenvalue weighted by Gasteiger charge is 2.63. The molecule has 8 nitrogen and oxygen atoms in total. The fourth-order valence-corrected chi connectivity index (χ4v) is 3.97. The minimum atomic E-state index is -1.83. The van der Waals surface area contributed by atoms with Crippen LogP contribution in [-0.4, -0.2) is 37.1 Å². The summed E-state index contributed by atoms with van der Waals surface area (Å²) in [6.07, 6.45) is 0. The maximum atomic E-state index is 13.8. The molecule has 0 saturated carbocycles. The van der Waals surface area contributed by atoms with Crippen LogP contribution in [0.4, 0.5) is 5.69 Å². The van der Waals surface area contributed by atoms with Crippen LogP contribution in [0, 0.1) is 0 Å². The van der Waals surface area contributed by atoms with Crippen LogP contribution in [0.25, 0.3) is 0 Å². The normalized spacial score (nSPS) is 21.0. The van der Waals surface area contributed by atoms with Gasteiger partial charge in [0.05, 0.1) is 6.61 Å². The number of benzene rings is 1. The molecule has 0 aromatic heterocycles. The van der Waals surface area contributed by atoms with Crippen molar-refractivity contribution in [1.82, 2.24) is 0 Å². The molecule has 8 heteroatoms. The Morgan fingerprint density at radius 3 is 2.40 bits per heavy atom. The fraction of sp³-hybridized carbons (Fsp3) is 0.409. The van der Waals surface area contributed by atoms with E-state index in [1.165, 1.54) is 11.8 Å². The Hall–Kier alpha value is -3.29. The van der Waals surface area contributed by atoms with Crippen molar-refractivity contribution in [3.05, 3.63) is 52.6 Å². The molecule has 2 heterocycles. The van der Waals surface area contributed by atoms with Crippen molar-refractivity contribution < 1.29 is 28.6 Å². The standard InChI is InChI=1S/C22H26N2O6/c1-7-28-18(25)16-17(23)29-12(2)15(19(26)30-21(3,4)5)22(16)13-10-8-9-11-14(13)24(6)20(22)27/h8-11H,7,23H2,1-6H3/t22-/m0/s1. The zero-order chi connectivity index (χ0) is 22.4. The third-order valence-electron chi connectivity index (χ3n) is 4.99. The Labute approximate surface area is 175 Å². The van der Waals surface area contributed by atoms with Crippen LogP contribution in [0.3, 0.4) is 0 Å². The Balaban J connectivity index is 2.39. The first-order valence-corrected chi connectivity index (χ1v) is 9.64. The lowest BCUT2D eigenvalue weighted by Crippen LogP contribution is -2.50. The lowest BCUT2D eigenvalue weighted by atomic mass is 9.67. The van der Waals surface area contributed by atoms with Gasteiger partial charge in [0.1, 0.15) is 27.9 Å². The molecule has 30 heavy (non-hydrogen) atoms. The Morgan fingerprint density at radius 2 is 1.80 bits per heavy atom. The number of carbonyl (C=O) groups is 3. The van der Waals surface area contributed by atoms with Gasteiger partial charge >= 0.3 is 11.9 Å². The van der Waals surface area contributed by atoms with Crippen LogP contribution in [0.1, 0.15) is 40.2 Å². The molecule has 0 fully saturated rings. The van der Waals surface area contributed by atoms with Gasteiger partial charge in [-0.05, 0) is 40.7 Å². The van der Waals surface area contributed by atoms with Crippen LogP contribution in [-0.2, 0) is 34.0 Å². The van der Waals surface area contributed by atoms with Crippen LogP contribution in [0.5, 0.6) is 0 Å². The predicted molar refractivity (Wildman–Crippen MR) is 109 cm³/mol. The smallest absolute Gasteiger partial charge is 0.341 e. The van der Waals surface area contributed by atoms with Crippen molar-refractivity contribution in [3.8, 4) is 0 Å². The van der Waals surface area contributed by atoms with Crippen molar-refractivity contribution in [2.75, 3.05) is 18.6 Å². The lowest BCUT2D eigenvalue weighted by molar-refractivity contribution is -0.152. The number of para-hydroxylation sites is 1. The topological polar surface area (TPSA) is 108 Å². The van der Waals surface area contributed by atoms with E-state index in [2.05, 4.69) is 0 Å². The van der Waals surface area contributed by atoms with Crippen LogP contribution in [0.2, 0.25) is 0 Å². The van der Waals surface area contributed by atoms with Gasteiger partial charge in [-0.1, -0.05) is 18.2 Å². The fourth-order valence-electron chi connectivity index (χ4n) is 3.97. The van der Waals surface area contributed by atoms with E-state index < -0.39 is 28.9 Å². The second kappa shape index (κ2) is 7.19. The summed E-state index contributed by atoms with van der Waals surface area (Å²) in [6, 6.07) is 6.91. The summed E-state index contributed by atoms with van der Waals surface area (Å²) in [4.78, 5) is 41.5. The van der Waals surface area contributed by atoms with Crippen molar-refractivity contribution in [2.45, 2.75) is 45.6 Å². The molecule has 1 aromatic rings. The van der Waals surface area contributed by atoms with E-state index in [1.54, 1.807) is 59.0 Å². The number of anilines is 1. The van der Waals surface area contributed by atoms with E-state index in [0.29, 0.717) is 11.3 Å². The van der Waals surface area contributed by atoms with Crippen LogP contribution >= 0.6 is 0 Å². The monoisotopic (exact) mass is 414 g/mol. The Morgan fingerprint density at radius 1 is 1.17 bits per heavy atom. The van der Waals surface area contributed by atoms with Gasteiger partial charge in [-0.25, -0.2) is 9.59 Å². The molecule has 2 N–H and O–H groups in total. The molecule has 0 saturated heterocycles. The highest BCUT2D eigenvalue weighted by molar-refractivity contribution is 6.22. The summed E-state index contributed by atoms with van der Waals surface area (Å²) >= 11 is 0. The van der Waals surface area contributed by atoms with Gasteiger partial charge in [-0.15, -0.1) is 0 Å². The van der Waals surface area contributed by atoms with Crippen molar-refractivity contribution >= 4 is 23.5 Å². The van der Waals surface area contributed by atoms with Gasteiger partial charge in [0.15, 0.2) is 0 Å². The minimum Gasteiger partial charge on any atom is -0.462 e. The number of carbonyl (C=O) groups excluding carboxylic acids is 3. The molecule has 1 spiro atoms. The van der Waals surface area contributed by atoms with Gasteiger partial charge in [0.25, 0.3) is 0 Å². The molecule has 0 aliphatic carbocycles. The zero-order valence-electron chi connectivity index (χ0n) is 18.0. The molecule has 1 aromatic carbocycles. The molecule has 0 radical (unpaired) electrons. The third kappa shape index (κ3) is 3.03. The number of esters is 2. The summed E-state index contributed by atoms with van der Waals surface area (Å²) in [5.74, 6) is -2.31. The van der Waals surface area contributed by atoms with E-state index in [1.807, 2.05) is 0 Å². The highest BCUT2D eigenvalue weighted by atomic mass is 16.6. The molecule has 2 aliphatic rings. The van der Waals surface area contributed by atoms with Crippen LogP contribution in [0.15, 0.2) is 47.1 Å². The lowest BCUT2D eigenvalue weighted by Gasteiger charge is -2.36. The van der Waals surface area contributed by atoms with Gasteiger partial charge in [0.2, 0.25) is 11.8 Å². The van der Waals surface area contributed by atoms with E-state index >= 15 is 0 Å². The summed E-state index contributed by atoms with van der Waals surface area (Å²) < 4.78 is 16.4. The van der Waals surface area contributed by atoms with Crippen LogP contribution < -0.4 is 10.6 Å². The minimum absolute atomic E-state index is 0.0574. The third-order valence-corrected chi connectivity index (χ3v) is 4.99. The van der Waals surface area contributed by atoms with E-state index in [0.717, 1.165) is 0 Å². The second-order valence-corrected chi connectivity index (χ2v) is 8.13. The largest absolute Gasteiger partial charge is 0.462 e. The molecule has 0 unspecified atom stereocenters. The first-order chi connectivity index (χ1) is 14.0. The van der Waals surface area contributed by atoms with E-state index in [9.17, 15) is 14.4 Å². The number of hydrogen-bond donors (Lipinski definition) is 1. The maximum absolute atomic E-state index is 13.8. The number of likely N-dealkylation sites (N-methyl/N-ethyl adjacent to an activating group) is 1. The molecular formula is C22H26N2O6. The van der Waals surface area contributed by atoms with Gasteiger partial charge in [-0.2, -0.15) is 0 Å². The molecule has 3 rings (SSSR count). The van der Waals surface area contributed by atoms with Crippen molar-refractivity contribution in [3.63, 3.8) is 0 Å². The predicted octanol–water partition coefficient (Wildman–Crippen LogP) is 2.28. The number of amides is 1. The molecular weight excluding hydrogens is 388 g/mol. The maximum Gasteiger partial charge on any atom is 0.341 e. The second-order valence-electron chi connectivity index (χ2n) is 8.13. The number of fused-ring (bicyclic) bond motifs is 2. The summed E-state index contributed by atoms with van der Waals surface area (Å²) in [6.45, 7) is 8.35. The SMILES string of the molecule is CCOC(=O)C1=C(N)OC(C)=C(C(=O)OC(C)(C)C)[C@]12C(=O)N(C)c1ccccc12. The first kappa shape index (κ1) is 21.4. The summed E-state index contributed by atoms with van der Waals surface area (Å²) in [5, 5.41) is 0. The molecule has 0 bridgehead atoms. The van der Waals surface area contributed by atoms with Gasteiger partial charge in [0, 0.05) is 18.3 Å². The highest BCUT2D eigenvalue weighted by Crippen LogP contribution is 2.54. The number of hydrogen-bond acceptors (Lipinski definition) is 7. The Bertz CT molecular complexity index is 1000. The quantitative estimate of drug-likeness (QED) is 0.756. The molecule has 2 aliphatic heterocycles. The molecule has 1 amide bonds. The first-order valence-electron chi connectivity index (χ1n) is 9.64. The van der Waals surface area contributed by atoms with E-state index in [-0.39, 0.29) is 29.4 Å². The number of allylic oxidation sites excluding steroid dienone is 1. The number of ether oxygens (including phenoxy) is 3. The van der Waals surface area contributed by atoms with E-state index in [4.69, 9.17) is 19.9 Å². The number of rotatable bonds is 3. The van der Waals surface area contributed by atoms with Gasteiger partial charge in [-0.3, -0.25) is 4.79 Å². The molecule has 1 atom stereocenters. The average molecular weight is 414 g/mol. The van der Waals surface area contributed by atoms with Crippen molar-refractivity contribution in [2.24, 2.45) is 5.73 Å².